The van der Waals surface area contributed by atoms with E-state index in [1.165, 1.54) is 0 Å². The van der Waals surface area contributed by atoms with Crippen molar-refractivity contribution >= 4 is 0 Å². The van der Waals surface area contributed by atoms with Gasteiger partial charge in [-0.25, -0.2) is 0 Å². The second-order valence-corrected chi connectivity index (χ2v) is 7.12. The van der Waals surface area contributed by atoms with Gasteiger partial charge < -0.3 is 0 Å². The zero-order chi connectivity index (χ0) is 12.5. The minimum atomic E-state index is -0.108. The molecule has 0 heterocycles. The summed E-state index contributed by atoms with van der Waals surface area (Å²) in [4.78, 5) is 5.80. The van der Waals surface area contributed by atoms with Crippen molar-refractivity contribution in [1.29, 1.82) is 0 Å². The van der Waals surface area contributed by atoms with Crippen molar-refractivity contribution in [2.75, 3.05) is 13.6 Å². The summed E-state index contributed by atoms with van der Waals surface area (Å²) in [5, 5.41) is 1.96. The fourth-order valence-corrected chi connectivity index (χ4v) is 1.29. The first-order valence-corrected chi connectivity index (χ1v) is 5.75. The molecule has 0 aliphatic heterocycles. The molecule has 0 radical (unpaired) electrons. The molecule has 0 saturated heterocycles. The summed E-state index contributed by atoms with van der Waals surface area (Å²) in [6.45, 7) is 18.6. The second kappa shape index (κ2) is 4.42. The van der Waals surface area contributed by atoms with Crippen molar-refractivity contribution in [2.24, 2.45) is 10.8 Å². The molecule has 0 aromatic heterocycles. The molecule has 0 atom stereocenters. The Hall–Kier alpha value is -0.0800. The van der Waals surface area contributed by atoms with Crippen molar-refractivity contribution < 1.29 is 4.84 Å². The van der Waals surface area contributed by atoms with Crippen LogP contribution in [0.3, 0.4) is 0 Å². The maximum Gasteiger partial charge on any atom is 0.0815 e. The smallest absolute Gasteiger partial charge is 0.0815 e. The molecule has 0 aromatic rings. The third-order valence-corrected chi connectivity index (χ3v) is 3.08. The summed E-state index contributed by atoms with van der Waals surface area (Å²) < 4.78 is 0. The number of hydrogen-bond donors (Lipinski definition) is 0. The van der Waals surface area contributed by atoms with Crippen molar-refractivity contribution in [2.45, 2.75) is 61.0 Å². The van der Waals surface area contributed by atoms with Gasteiger partial charge >= 0.3 is 0 Å². The van der Waals surface area contributed by atoms with E-state index >= 15 is 0 Å². The molecule has 2 nitrogen and oxygen atoms in total. The molecule has 2 heteroatoms. The van der Waals surface area contributed by atoms with Crippen LogP contribution in [-0.4, -0.2) is 24.3 Å². The highest BCUT2D eigenvalue weighted by atomic mass is 16.7. The van der Waals surface area contributed by atoms with E-state index in [1.807, 2.05) is 12.1 Å². The van der Waals surface area contributed by atoms with Crippen molar-refractivity contribution in [3.63, 3.8) is 0 Å². The fraction of sp³-hybridized carbons (Fsp3) is 1.00. The number of hydrogen-bond acceptors (Lipinski definition) is 2. The molecule has 0 spiro atoms. The molecule has 92 valence electrons. The molecule has 0 unspecified atom stereocenters. The molecule has 0 aliphatic carbocycles. The summed E-state index contributed by atoms with van der Waals surface area (Å²) in [7, 11) is 2.01. The van der Waals surface area contributed by atoms with E-state index in [0.717, 1.165) is 6.54 Å². The molecule has 0 fully saturated rings. The predicted molar refractivity (Wildman–Crippen MR) is 66.7 cm³/mol. The lowest BCUT2D eigenvalue weighted by molar-refractivity contribution is -0.230. The van der Waals surface area contributed by atoms with Gasteiger partial charge in [0.15, 0.2) is 0 Å². The Morgan fingerprint density at radius 1 is 0.867 bits per heavy atom. The highest BCUT2D eigenvalue weighted by molar-refractivity contribution is 4.83. The molecule has 0 aromatic carbocycles. The zero-order valence-corrected chi connectivity index (χ0v) is 12.1. The van der Waals surface area contributed by atoms with Crippen LogP contribution in [-0.2, 0) is 4.84 Å². The highest BCUT2D eigenvalue weighted by Gasteiger charge is 2.34. The van der Waals surface area contributed by atoms with Crippen LogP contribution < -0.4 is 0 Å². The van der Waals surface area contributed by atoms with Crippen molar-refractivity contribution in [3.05, 3.63) is 0 Å². The fourth-order valence-electron chi connectivity index (χ4n) is 1.29. The summed E-state index contributed by atoms with van der Waals surface area (Å²) in [5.41, 5.74) is 0.401. The van der Waals surface area contributed by atoms with Crippen LogP contribution in [0.2, 0.25) is 0 Å². The second-order valence-electron chi connectivity index (χ2n) is 7.12. The van der Waals surface area contributed by atoms with E-state index in [9.17, 15) is 0 Å². The minimum absolute atomic E-state index is 0.108. The van der Waals surface area contributed by atoms with E-state index in [1.54, 1.807) is 0 Å². The first-order chi connectivity index (χ1) is 6.35. The Balaban J connectivity index is 4.36. The number of nitrogens with zero attached hydrogens (tertiary/aromatic N) is 1. The SMILES string of the molecule is CN(CC(C)(C)C(C)(C)C)OC(C)(C)C. The van der Waals surface area contributed by atoms with E-state index in [0.29, 0.717) is 0 Å². The summed E-state index contributed by atoms with van der Waals surface area (Å²) >= 11 is 0. The maximum absolute atomic E-state index is 5.80. The quantitative estimate of drug-likeness (QED) is 0.665. The molecule has 0 aliphatic rings. The van der Waals surface area contributed by atoms with Crippen molar-refractivity contribution in [3.8, 4) is 0 Å². The summed E-state index contributed by atoms with van der Waals surface area (Å²) in [5.74, 6) is 0. The Labute approximate surface area is 95.9 Å². The Morgan fingerprint density at radius 3 is 1.53 bits per heavy atom. The Kier molecular flexibility index (Phi) is 4.40. The normalized spacial score (nSPS) is 14.8. The average Bonchev–Trinajstić information content (AvgIpc) is 1.75. The summed E-state index contributed by atoms with van der Waals surface area (Å²) in [6.07, 6.45) is 0. The van der Waals surface area contributed by atoms with Gasteiger partial charge in [-0.2, -0.15) is 5.06 Å². The standard InChI is InChI=1S/C13H29NO/c1-11(2,3)13(7,8)10-14(9)15-12(4,5)6/h10H2,1-9H3. The monoisotopic (exact) mass is 215 g/mol. The maximum atomic E-state index is 5.80. The van der Waals surface area contributed by atoms with Crippen LogP contribution in [0.5, 0.6) is 0 Å². The van der Waals surface area contributed by atoms with Crippen LogP contribution in [0.15, 0.2) is 0 Å². The Bertz CT molecular complexity index is 196. The number of hydroxylamine groups is 2. The van der Waals surface area contributed by atoms with E-state index in [-0.39, 0.29) is 16.4 Å². The molecule has 0 bridgehead atoms. The largest absolute Gasteiger partial charge is 0.294 e. The van der Waals surface area contributed by atoms with Crippen molar-refractivity contribution in [1.82, 2.24) is 5.06 Å². The van der Waals surface area contributed by atoms with Crippen LogP contribution >= 0.6 is 0 Å². The molecular formula is C13H29NO. The number of rotatable bonds is 3. The van der Waals surface area contributed by atoms with Gasteiger partial charge in [-0.05, 0) is 31.6 Å². The lowest BCUT2D eigenvalue weighted by atomic mass is 9.69. The first kappa shape index (κ1) is 14.9. The van der Waals surface area contributed by atoms with Crippen LogP contribution in [0.25, 0.3) is 0 Å². The first-order valence-electron chi connectivity index (χ1n) is 5.75. The van der Waals surface area contributed by atoms with Crippen LogP contribution in [0, 0.1) is 10.8 Å². The highest BCUT2D eigenvalue weighted by Crippen LogP contribution is 2.38. The van der Waals surface area contributed by atoms with Gasteiger partial charge in [0.1, 0.15) is 0 Å². The Morgan fingerprint density at radius 2 is 1.27 bits per heavy atom. The van der Waals surface area contributed by atoms with Gasteiger partial charge in [-0.3, -0.25) is 4.84 Å². The zero-order valence-electron chi connectivity index (χ0n) is 12.1. The molecule has 15 heavy (non-hydrogen) atoms. The van der Waals surface area contributed by atoms with Crippen LogP contribution in [0.4, 0.5) is 0 Å². The van der Waals surface area contributed by atoms with E-state index in [4.69, 9.17) is 4.84 Å². The average molecular weight is 215 g/mol. The lowest BCUT2D eigenvalue weighted by Crippen LogP contribution is -2.43. The molecule has 0 saturated carbocycles. The van der Waals surface area contributed by atoms with Gasteiger partial charge in [0.25, 0.3) is 0 Å². The predicted octanol–water partition coefficient (Wildman–Crippen LogP) is 3.72. The van der Waals surface area contributed by atoms with Gasteiger partial charge in [0.2, 0.25) is 0 Å². The molecule has 0 rings (SSSR count). The van der Waals surface area contributed by atoms with Gasteiger partial charge in [-0.1, -0.05) is 34.6 Å². The van der Waals surface area contributed by atoms with Gasteiger partial charge in [0, 0.05) is 13.6 Å². The molecular weight excluding hydrogens is 186 g/mol. The minimum Gasteiger partial charge on any atom is -0.294 e. The molecule has 0 amide bonds. The topological polar surface area (TPSA) is 12.5 Å². The third-order valence-electron chi connectivity index (χ3n) is 3.08. The van der Waals surface area contributed by atoms with Gasteiger partial charge in [-0.15, -0.1) is 0 Å². The van der Waals surface area contributed by atoms with E-state index < -0.39 is 0 Å². The van der Waals surface area contributed by atoms with Crippen LogP contribution in [0.1, 0.15) is 55.4 Å². The third kappa shape index (κ3) is 5.53. The lowest BCUT2D eigenvalue weighted by Gasteiger charge is -2.42. The summed E-state index contributed by atoms with van der Waals surface area (Å²) in [6, 6.07) is 0. The van der Waals surface area contributed by atoms with Gasteiger partial charge in [0.05, 0.1) is 5.60 Å². The molecule has 0 N–H and O–H groups in total. The van der Waals surface area contributed by atoms with E-state index in [2.05, 4.69) is 55.4 Å².